The summed E-state index contributed by atoms with van der Waals surface area (Å²) in [7, 11) is 0. The van der Waals surface area contributed by atoms with E-state index in [1.165, 1.54) is 12.1 Å². The average molecular weight is 340 g/mol. The molecule has 0 aliphatic carbocycles. The average Bonchev–Trinajstić information content (AvgIpc) is 2.44. The fourth-order valence-corrected chi connectivity index (χ4v) is 2.42. The zero-order chi connectivity index (χ0) is 18.6. The van der Waals surface area contributed by atoms with Gasteiger partial charge in [-0.05, 0) is 6.92 Å². The monoisotopic (exact) mass is 340 g/mol. The molecule has 0 bridgehead atoms. The van der Waals surface area contributed by atoms with E-state index in [2.05, 4.69) is 0 Å². The first kappa shape index (κ1) is 18.7. The summed E-state index contributed by atoms with van der Waals surface area (Å²) in [5.74, 6) is -9.04. The van der Waals surface area contributed by atoms with Crippen molar-refractivity contribution >= 4 is 23.4 Å². The molecule has 0 saturated carbocycles. The number of carboxylic acids is 2. The molecule has 0 fully saturated rings. The second kappa shape index (κ2) is 7.26. The Bertz CT molecular complexity index is 655. The number of rotatable bonds is 8. The van der Waals surface area contributed by atoms with Gasteiger partial charge in [-0.2, -0.15) is 0 Å². The molecule has 0 heterocycles. The third kappa shape index (κ3) is 3.69. The summed E-state index contributed by atoms with van der Waals surface area (Å²) < 4.78 is 0. The summed E-state index contributed by atoms with van der Waals surface area (Å²) >= 11 is 0. The maximum absolute atomic E-state index is 11.7. The highest BCUT2D eigenvalue weighted by molar-refractivity contribution is 5.99. The zero-order valence-electron chi connectivity index (χ0n) is 12.2. The lowest BCUT2D eigenvalue weighted by molar-refractivity contribution is -0.515. The summed E-state index contributed by atoms with van der Waals surface area (Å²) in [6.07, 6.45) is 0. The van der Waals surface area contributed by atoms with Gasteiger partial charge in [0.25, 0.3) is 5.69 Å². The van der Waals surface area contributed by atoms with E-state index in [1.807, 2.05) is 0 Å². The Hall–Kier alpha value is -3.37. The van der Waals surface area contributed by atoms with Gasteiger partial charge in [0.1, 0.15) is 11.7 Å². The van der Waals surface area contributed by atoms with Crippen LogP contribution in [0.15, 0.2) is 24.3 Å². The number of Topliss-reactive ketones (excluding diaryl/α,β-unsaturated/α-hetero) is 1. The predicted octanol–water partition coefficient (Wildman–Crippen LogP) is 0.698. The van der Waals surface area contributed by atoms with E-state index >= 15 is 0 Å². The third-order valence-electron chi connectivity index (χ3n) is 3.38. The van der Waals surface area contributed by atoms with Gasteiger partial charge in [-0.1, -0.05) is 18.2 Å². The lowest BCUT2D eigenvalue weighted by atomic mass is 9.78. The Morgan fingerprint density at radius 1 is 1.04 bits per heavy atom. The van der Waals surface area contributed by atoms with Gasteiger partial charge in [0.05, 0.1) is 10.8 Å². The van der Waals surface area contributed by atoms with Crippen LogP contribution in [-0.2, 0) is 14.4 Å². The molecule has 0 saturated heterocycles. The van der Waals surface area contributed by atoms with E-state index in [9.17, 15) is 39.7 Å². The summed E-state index contributed by atoms with van der Waals surface area (Å²) in [6.45, 7) is 0.819. The van der Waals surface area contributed by atoms with Crippen LogP contribution in [-0.4, -0.2) is 43.8 Å². The molecule has 0 aromatic heterocycles. The van der Waals surface area contributed by atoms with Crippen molar-refractivity contribution in [3.05, 3.63) is 50.1 Å². The first-order valence-corrected chi connectivity index (χ1v) is 6.42. The Labute approximate surface area is 133 Å². The molecule has 3 unspecified atom stereocenters. The van der Waals surface area contributed by atoms with E-state index in [0.717, 1.165) is 19.1 Å². The molecule has 0 radical (unpaired) electrons. The number of benzene rings is 1. The van der Waals surface area contributed by atoms with Gasteiger partial charge < -0.3 is 10.2 Å². The molecule has 128 valence electrons. The smallest absolute Gasteiger partial charge is 0.379 e. The van der Waals surface area contributed by atoms with E-state index in [1.54, 1.807) is 0 Å². The van der Waals surface area contributed by atoms with Crippen molar-refractivity contribution in [3.8, 4) is 0 Å². The van der Waals surface area contributed by atoms with Gasteiger partial charge in [0.15, 0.2) is 0 Å². The Balaban J connectivity index is 3.75. The van der Waals surface area contributed by atoms with E-state index in [0.29, 0.717) is 0 Å². The number of aliphatic carboxylic acids is 2. The third-order valence-corrected chi connectivity index (χ3v) is 3.38. The number of carboxylic acid groups (broad SMARTS) is 2. The van der Waals surface area contributed by atoms with Crippen LogP contribution in [0.4, 0.5) is 5.69 Å². The van der Waals surface area contributed by atoms with E-state index < -0.39 is 56.7 Å². The number of nitro groups is 2. The minimum Gasteiger partial charge on any atom is -0.481 e. The lowest BCUT2D eigenvalue weighted by Gasteiger charge is -2.23. The van der Waals surface area contributed by atoms with E-state index in [4.69, 9.17) is 5.11 Å². The van der Waals surface area contributed by atoms with Crippen molar-refractivity contribution in [1.82, 2.24) is 0 Å². The number of carbonyl (C=O) groups is 3. The Morgan fingerprint density at radius 2 is 1.58 bits per heavy atom. The number of nitrogens with zero attached hydrogens (tertiary/aromatic N) is 2. The fraction of sp³-hybridized carbons (Fsp3) is 0.308. The largest absolute Gasteiger partial charge is 0.481 e. The van der Waals surface area contributed by atoms with Crippen LogP contribution in [0.3, 0.4) is 0 Å². The molecule has 0 amide bonds. The van der Waals surface area contributed by atoms with Crippen LogP contribution in [0.25, 0.3) is 0 Å². The highest BCUT2D eigenvalue weighted by atomic mass is 16.6. The normalized spacial score (nSPS) is 14.2. The fourth-order valence-electron chi connectivity index (χ4n) is 2.42. The number of ketones is 1. The second-order valence-corrected chi connectivity index (χ2v) is 4.84. The Kier molecular flexibility index (Phi) is 5.65. The first-order chi connectivity index (χ1) is 11.1. The van der Waals surface area contributed by atoms with Crippen molar-refractivity contribution in [1.29, 1.82) is 0 Å². The van der Waals surface area contributed by atoms with Gasteiger partial charge in [-0.15, -0.1) is 0 Å². The summed E-state index contributed by atoms with van der Waals surface area (Å²) in [5, 5.41) is 40.6. The number of nitro benzene ring substituents is 1. The topological polar surface area (TPSA) is 178 Å². The molecule has 1 rings (SSSR count). The highest BCUT2D eigenvalue weighted by Gasteiger charge is 2.51. The van der Waals surface area contributed by atoms with Crippen molar-refractivity contribution < 1.29 is 34.4 Å². The van der Waals surface area contributed by atoms with Gasteiger partial charge in [-0.3, -0.25) is 29.8 Å². The van der Waals surface area contributed by atoms with Crippen molar-refractivity contribution in [3.63, 3.8) is 0 Å². The summed E-state index contributed by atoms with van der Waals surface area (Å²) in [4.78, 5) is 54.4. The lowest BCUT2D eigenvalue weighted by Crippen LogP contribution is -2.43. The molecule has 1 aromatic carbocycles. The molecule has 0 spiro atoms. The molecular weight excluding hydrogens is 328 g/mol. The number of para-hydroxylation sites is 1. The van der Waals surface area contributed by atoms with Gasteiger partial charge in [0.2, 0.25) is 0 Å². The SMILES string of the molecule is CC(=O)C(C(=O)O)C(c1ccccc1[N+](=O)[O-])C(C(=O)O)[N+](=O)[O-]. The van der Waals surface area contributed by atoms with Gasteiger partial charge >= 0.3 is 18.0 Å². The van der Waals surface area contributed by atoms with Crippen LogP contribution in [0.2, 0.25) is 0 Å². The van der Waals surface area contributed by atoms with Gasteiger partial charge in [-0.25, -0.2) is 4.79 Å². The minimum absolute atomic E-state index is 0.505. The molecule has 2 N–H and O–H groups in total. The maximum Gasteiger partial charge on any atom is 0.379 e. The standard InChI is InChI=1S/C13H12N2O9/c1-6(16)9(12(17)18)10(11(13(19)20)15(23)24)7-4-2-3-5-8(7)14(21)22/h2-5,9-11H,1H3,(H,17,18)(H,19,20). The molecule has 11 nitrogen and oxygen atoms in total. The van der Waals surface area contributed by atoms with Crippen molar-refractivity contribution in [2.24, 2.45) is 5.92 Å². The highest BCUT2D eigenvalue weighted by Crippen LogP contribution is 2.36. The molecule has 3 atom stereocenters. The first-order valence-electron chi connectivity index (χ1n) is 6.42. The van der Waals surface area contributed by atoms with Crippen LogP contribution in [0.1, 0.15) is 18.4 Å². The zero-order valence-corrected chi connectivity index (χ0v) is 12.2. The molecule has 1 aromatic rings. The second-order valence-electron chi connectivity index (χ2n) is 4.84. The maximum atomic E-state index is 11.7. The molecule has 11 heteroatoms. The number of hydrogen-bond acceptors (Lipinski definition) is 7. The quantitative estimate of drug-likeness (QED) is 0.391. The molecule has 0 aliphatic heterocycles. The summed E-state index contributed by atoms with van der Waals surface area (Å²) in [6, 6.07) is 1.86. The van der Waals surface area contributed by atoms with Crippen LogP contribution in [0, 0.1) is 26.1 Å². The molecule has 24 heavy (non-hydrogen) atoms. The van der Waals surface area contributed by atoms with Crippen molar-refractivity contribution in [2.75, 3.05) is 0 Å². The van der Waals surface area contributed by atoms with Crippen molar-refractivity contribution in [2.45, 2.75) is 18.9 Å². The van der Waals surface area contributed by atoms with Crippen LogP contribution >= 0.6 is 0 Å². The van der Waals surface area contributed by atoms with Crippen LogP contribution in [0.5, 0.6) is 0 Å². The minimum atomic E-state index is -2.55. The molecule has 0 aliphatic rings. The molecular formula is C13H12N2O9. The van der Waals surface area contributed by atoms with E-state index in [-0.39, 0.29) is 0 Å². The number of carbonyl (C=O) groups excluding carboxylic acids is 1. The summed E-state index contributed by atoms with van der Waals surface area (Å²) in [5.41, 5.74) is -1.21. The van der Waals surface area contributed by atoms with Gasteiger partial charge in [0, 0.05) is 16.6 Å². The predicted molar refractivity (Wildman–Crippen MR) is 76.1 cm³/mol. The van der Waals surface area contributed by atoms with Crippen LogP contribution < -0.4 is 0 Å². The number of hydrogen-bond donors (Lipinski definition) is 2. The Morgan fingerprint density at radius 3 is 1.96 bits per heavy atom.